The van der Waals surface area contributed by atoms with E-state index in [0.717, 1.165) is 38.3 Å². The summed E-state index contributed by atoms with van der Waals surface area (Å²) < 4.78 is 9.99. The molecule has 1 aromatic carbocycles. The number of benzene rings is 1. The van der Waals surface area contributed by atoms with Gasteiger partial charge in [-0.15, -0.1) is 0 Å². The lowest BCUT2D eigenvalue weighted by Gasteiger charge is -2.12. The van der Waals surface area contributed by atoms with Crippen LogP contribution in [0.25, 0.3) is 0 Å². The minimum absolute atomic E-state index is 0.374. The number of carbonyl (C=O) groups is 1. The molecule has 1 fully saturated rings. The van der Waals surface area contributed by atoms with E-state index < -0.39 is 0 Å². The maximum atomic E-state index is 11.4. The summed E-state index contributed by atoms with van der Waals surface area (Å²) in [6.07, 6.45) is 2.20. The average molecular weight is 264 g/mol. The number of nitrogens with two attached hydrogens (primary N) is 1. The van der Waals surface area contributed by atoms with E-state index in [4.69, 9.17) is 10.5 Å². The topological polar surface area (TPSA) is 73.6 Å². The number of rotatable bonds is 5. The molecule has 2 rings (SSSR count). The minimum atomic E-state index is -0.374. The van der Waals surface area contributed by atoms with Crippen LogP contribution in [0.2, 0.25) is 0 Å². The zero-order valence-corrected chi connectivity index (χ0v) is 11.1. The number of hydrogen-bond donors (Lipinski definition) is 2. The van der Waals surface area contributed by atoms with Crippen LogP contribution in [0.4, 0.5) is 11.4 Å². The summed E-state index contributed by atoms with van der Waals surface area (Å²) in [5.74, 6) is 0.268. The molecule has 5 heteroatoms. The molecule has 0 amide bonds. The van der Waals surface area contributed by atoms with Crippen molar-refractivity contribution in [3.63, 3.8) is 0 Å². The van der Waals surface area contributed by atoms with Gasteiger partial charge in [-0.05, 0) is 37.0 Å². The third-order valence-electron chi connectivity index (χ3n) is 3.36. The number of carbonyl (C=O) groups excluding carboxylic acids is 1. The SMILES string of the molecule is COC(=O)c1ccc(NCCC2CCOC2)c(N)c1. The third kappa shape index (κ3) is 3.61. The predicted octanol–water partition coefficient (Wildman–Crippen LogP) is 1.89. The van der Waals surface area contributed by atoms with Crippen molar-refractivity contribution in [3.8, 4) is 0 Å². The second kappa shape index (κ2) is 6.43. The fourth-order valence-corrected chi connectivity index (χ4v) is 2.19. The van der Waals surface area contributed by atoms with Crippen LogP contribution in [0.3, 0.4) is 0 Å². The van der Waals surface area contributed by atoms with Crippen molar-refractivity contribution in [2.45, 2.75) is 12.8 Å². The summed E-state index contributed by atoms with van der Waals surface area (Å²) in [6, 6.07) is 5.16. The summed E-state index contributed by atoms with van der Waals surface area (Å²) in [7, 11) is 1.36. The Kier molecular flexibility index (Phi) is 4.63. The maximum Gasteiger partial charge on any atom is 0.337 e. The molecule has 1 saturated heterocycles. The van der Waals surface area contributed by atoms with E-state index in [0.29, 0.717) is 17.2 Å². The number of esters is 1. The van der Waals surface area contributed by atoms with Crippen LogP contribution in [0, 0.1) is 5.92 Å². The second-order valence-electron chi connectivity index (χ2n) is 4.74. The van der Waals surface area contributed by atoms with E-state index in [1.54, 1.807) is 12.1 Å². The van der Waals surface area contributed by atoms with Gasteiger partial charge in [0, 0.05) is 19.8 Å². The zero-order chi connectivity index (χ0) is 13.7. The molecule has 0 saturated carbocycles. The molecule has 0 radical (unpaired) electrons. The minimum Gasteiger partial charge on any atom is -0.465 e. The molecule has 1 heterocycles. The molecule has 5 nitrogen and oxygen atoms in total. The number of nitrogen functional groups attached to an aromatic ring is 1. The lowest BCUT2D eigenvalue weighted by Crippen LogP contribution is -2.11. The molecule has 0 aromatic heterocycles. The molecule has 3 N–H and O–H groups in total. The van der Waals surface area contributed by atoms with Crippen molar-refractivity contribution in [1.29, 1.82) is 0 Å². The van der Waals surface area contributed by atoms with Crippen LogP contribution in [0.1, 0.15) is 23.2 Å². The smallest absolute Gasteiger partial charge is 0.337 e. The first-order chi connectivity index (χ1) is 9.20. The Labute approximate surface area is 113 Å². The van der Waals surface area contributed by atoms with Crippen molar-refractivity contribution in [3.05, 3.63) is 23.8 Å². The number of hydrogen-bond acceptors (Lipinski definition) is 5. The molecule has 104 valence electrons. The molecule has 1 aliphatic heterocycles. The van der Waals surface area contributed by atoms with E-state index in [9.17, 15) is 4.79 Å². The van der Waals surface area contributed by atoms with E-state index in [1.165, 1.54) is 7.11 Å². The first-order valence-corrected chi connectivity index (χ1v) is 6.50. The summed E-state index contributed by atoms with van der Waals surface area (Å²) in [4.78, 5) is 11.4. The Bertz CT molecular complexity index is 442. The highest BCUT2D eigenvalue weighted by Crippen LogP contribution is 2.22. The Morgan fingerprint density at radius 3 is 3.05 bits per heavy atom. The number of methoxy groups -OCH3 is 1. The number of nitrogens with one attached hydrogen (secondary N) is 1. The van der Waals surface area contributed by atoms with E-state index in [1.807, 2.05) is 6.07 Å². The number of ether oxygens (including phenoxy) is 2. The lowest BCUT2D eigenvalue weighted by atomic mass is 10.1. The molecule has 19 heavy (non-hydrogen) atoms. The average Bonchev–Trinajstić information content (AvgIpc) is 2.93. The maximum absolute atomic E-state index is 11.4. The molecule has 1 unspecified atom stereocenters. The predicted molar refractivity (Wildman–Crippen MR) is 74.2 cm³/mol. The van der Waals surface area contributed by atoms with Gasteiger partial charge in [-0.25, -0.2) is 4.79 Å². The molecule has 1 aromatic rings. The molecule has 0 aliphatic carbocycles. The Balaban J connectivity index is 1.87. The van der Waals surface area contributed by atoms with Gasteiger partial charge in [-0.2, -0.15) is 0 Å². The van der Waals surface area contributed by atoms with Gasteiger partial charge in [-0.3, -0.25) is 0 Å². The quantitative estimate of drug-likeness (QED) is 0.627. The van der Waals surface area contributed by atoms with Crippen LogP contribution >= 0.6 is 0 Å². The zero-order valence-electron chi connectivity index (χ0n) is 11.1. The van der Waals surface area contributed by atoms with Crippen molar-refractivity contribution in [2.75, 3.05) is 37.9 Å². The van der Waals surface area contributed by atoms with Crippen molar-refractivity contribution >= 4 is 17.3 Å². The molecule has 1 aliphatic rings. The van der Waals surface area contributed by atoms with Gasteiger partial charge in [0.2, 0.25) is 0 Å². The highest BCUT2D eigenvalue weighted by molar-refractivity contribution is 5.91. The number of anilines is 2. The van der Waals surface area contributed by atoms with Gasteiger partial charge in [0.05, 0.1) is 24.0 Å². The summed E-state index contributed by atoms with van der Waals surface area (Å²) in [6.45, 7) is 2.59. The lowest BCUT2D eigenvalue weighted by molar-refractivity contribution is 0.0601. The molecule has 0 bridgehead atoms. The molecule has 1 atom stereocenters. The van der Waals surface area contributed by atoms with Gasteiger partial charge in [0.1, 0.15) is 0 Å². The Morgan fingerprint density at radius 2 is 2.42 bits per heavy atom. The van der Waals surface area contributed by atoms with Crippen molar-refractivity contribution in [1.82, 2.24) is 0 Å². The fraction of sp³-hybridized carbons (Fsp3) is 0.500. The highest BCUT2D eigenvalue weighted by Gasteiger charge is 2.15. The van der Waals surface area contributed by atoms with E-state index in [-0.39, 0.29) is 5.97 Å². The Morgan fingerprint density at radius 1 is 1.58 bits per heavy atom. The van der Waals surface area contributed by atoms with Crippen LogP contribution < -0.4 is 11.1 Å². The van der Waals surface area contributed by atoms with Crippen molar-refractivity contribution < 1.29 is 14.3 Å². The largest absolute Gasteiger partial charge is 0.465 e. The molecule has 0 spiro atoms. The van der Waals surface area contributed by atoms with E-state index >= 15 is 0 Å². The monoisotopic (exact) mass is 264 g/mol. The standard InChI is InChI=1S/C14H20N2O3/c1-18-14(17)11-2-3-13(12(15)8-11)16-6-4-10-5-7-19-9-10/h2-3,8,10,16H,4-7,9,15H2,1H3. The fourth-order valence-electron chi connectivity index (χ4n) is 2.19. The van der Waals surface area contributed by atoms with Gasteiger partial charge in [0.25, 0.3) is 0 Å². The summed E-state index contributed by atoms with van der Waals surface area (Å²) >= 11 is 0. The van der Waals surface area contributed by atoms with Gasteiger partial charge in [-0.1, -0.05) is 0 Å². The first-order valence-electron chi connectivity index (χ1n) is 6.50. The van der Waals surface area contributed by atoms with E-state index in [2.05, 4.69) is 10.1 Å². The molecular weight excluding hydrogens is 244 g/mol. The summed E-state index contributed by atoms with van der Waals surface area (Å²) in [5.41, 5.74) is 7.79. The first kappa shape index (κ1) is 13.7. The second-order valence-corrected chi connectivity index (χ2v) is 4.74. The van der Waals surface area contributed by atoms with Gasteiger partial charge < -0.3 is 20.5 Å². The Hall–Kier alpha value is -1.75. The molecular formula is C14H20N2O3. The van der Waals surface area contributed by atoms with Crippen LogP contribution in [-0.2, 0) is 9.47 Å². The van der Waals surface area contributed by atoms with Crippen LogP contribution in [-0.4, -0.2) is 32.8 Å². The van der Waals surface area contributed by atoms with Gasteiger partial charge >= 0.3 is 5.97 Å². The van der Waals surface area contributed by atoms with Crippen LogP contribution in [0.5, 0.6) is 0 Å². The van der Waals surface area contributed by atoms with Crippen molar-refractivity contribution in [2.24, 2.45) is 5.92 Å². The normalized spacial score (nSPS) is 18.3. The van der Waals surface area contributed by atoms with Crippen LogP contribution in [0.15, 0.2) is 18.2 Å². The third-order valence-corrected chi connectivity index (χ3v) is 3.36. The van der Waals surface area contributed by atoms with Gasteiger partial charge in [0.15, 0.2) is 0 Å². The highest BCUT2D eigenvalue weighted by atomic mass is 16.5. The summed E-state index contributed by atoms with van der Waals surface area (Å²) in [5, 5.41) is 3.29.